The number of carbonyl (C=O) groups excluding carboxylic acids is 2. The molecule has 3 heterocycles. The molecule has 2 saturated carbocycles. The van der Waals surface area contributed by atoms with Gasteiger partial charge in [0.2, 0.25) is 11.8 Å². The first-order valence-corrected chi connectivity index (χ1v) is 15.6. The minimum Gasteiger partial charge on any atom is -0.480 e. The third kappa shape index (κ3) is 3.77. The summed E-state index contributed by atoms with van der Waals surface area (Å²) < 4.78 is 0. The van der Waals surface area contributed by atoms with Crippen molar-refractivity contribution in [3.05, 3.63) is 74.7 Å². The molecular weight excluding hydrogens is 544 g/mol. The van der Waals surface area contributed by atoms with Crippen LogP contribution in [-0.2, 0) is 14.4 Å². The number of carbonyl (C=O) groups is 3. The summed E-state index contributed by atoms with van der Waals surface area (Å²) in [7, 11) is 0. The number of benzene rings is 2. The number of aromatic nitrogens is 1. The highest BCUT2D eigenvalue weighted by Crippen LogP contribution is 2.68. The van der Waals surface area contributed by atoms with Gasteiger partial charge in [-0.05, 0) is 53.2 Å². The molecule has 4 aliphatic rings. The van der Waals surface area contributed by atoms with Crippen molar-refractivity contribution in [1.82, 2.24) is 9.88 Å². The molecule has 0 radical (unpaired) electrons. The highest BCUT2D eigenvalue weighted by Gasteiger charge is 2.70. The molecule has 2 amide bonds. The first-order valence-electron chi connectivity index (χ1n) is 13.9. The number of hydrogen-bond acceptors (Lipinski definition) is 6. The van der Waals surface area contributed by atoms with Gasteiger partial charge in [0.15, 0.2) is 0 Å². The van der Waals surface area contributed by atoms with Gasteiger partial charge in [-0.3, -0.25) is 19.3 Å². The molecule has 206 valence electrons. The number of imide groups is 1. The summed E-state index contributed by atoms with van der Waals surface area (Å²) in [4.78, 5) is 57.4. The van der Waals surface area contributed by atoms with Crippen LogP contribution in [0.3, 0.4) is 0 Å². The van der Waals surface area contributed by atoms with Crippen LogP contribution in [-0.4, -0.2) is 44.1 Å². The lowest BCUT2D eigenvalue weighted by Gasteiger charge is -2.43. The molecular formula is C31H30N2O5S2. The highest BCUT2D eigenvalue weighted by molar-refractivity contribution is 8.00. The van der Waals surface area contributed by atoms with E-state index in [0.29, 0.717) is 0 Å². The van der Waals surface area contributed by atoms with E-state index < -0.39 is 23.8 Å². The average Bonchev–Trinajstić information content (AvgIpc) is 3.67. The molecule has 0 spiro atoms. The van der Waals surface area contributed by atoms with Crippen LogP contribution in [0, 0.1) is 35.5 Å². The van der Waals surface area contributed by atoms with Gasteiger partial charge in [-0.2, -0.15) is 0 Å². The van der Waals surface area contributed by atoms with Crippen molar-refractivity contribution in [2.75, 3.05) is 0 Å². The molecule has 8 unspecified atom stereocenters. The number of H-pyrrole nitrogens is 1. The Kier molecular flexibility index (Phi) is 6.09. The lowest BCUT2D eigenvalue weighted by molar-refractivity contribution is -0.156. The predicted molar refractivity (Wildman–Crippen MR) is 153 cm³/mol. The Hall–Kier alpha value is -3.17. The maximum Gasteiger partial charge on any atom is 0.326 e. The second kappa shape index (κ2) is 9.45. The van der Waals surface area contributed by atoms with Crippen molar-refractivity contribution in [1.29, 1.82) is 0 Å². The smallest absolute Gasteiger partial charge is 0.326 e. The molecule has 2 bridgehead atoms. The Morgan fingerprint density at radius 1 is 0.975 bits per heavy atom. The fourth-order valence-electron chi connectivity index (χ4n) is 8.00. The van der Waals surface area contributed by atoms with Gasteiger partial charge in [-0.1, -0.05) is 79.8 Å². The molecule has 40 heavy (non-hydrogen) atoms. The van der Waals surface area contributed by atoms with Gasteiger partial charge in [-0.15, -0.1) is 11.8 Å². The van der Waals surface area contributed by atoms with E-state index in [1.807, 2.05) is 32.0 Å². The molecule has 2 aromatic carbocycles. The molecule has 8 atom stereocenters. The molecule has 7 nitrogen and oxygen atoms in total. The highest BCUT2D eigenvalue weighted by atomic mass is 32.2. The van der Waals surface area contributed by atoms with Crippen molar-refractivity contribution < 1.29 is 19.5 Å². The van der Waals surface area contributed by atoms with Gasteiger partial charge in [0.05, 0.1) is 16.9 Å². The molecule has 2 aliphatic heterocycles. The van der Waals surface area contributed by atoms with E-state index in [0.717, 1.165) is 37.9 Å². The zero-order valence-corrected chi connectivity index (χ0v) is 23.8. The van der Waals surface area contributed by atoms with Crippen LogP contribution in [0.1, 0.15) is 43.0 Å². The summed E-state index contributed by atoms with van der Waals surface area (Å²) in [5, 5.41) is 10.9. The topological polar surface area (TPSA) is 108 Å². The van der Waals surface area contributed by atoms with Crippen molar-refractivity contribution in [2.45, 2.75) is 48.9 Å². The summed E-state index contributed by atoms with van der Waals surface area (Å²) in [5.74, 6) is -2.72. The van der Waals surface area contributed by atoms with Gasteiger partial charge in [0.25, 0.3) is 0 Å². The molecule has 2 aliphatic carbocycles. The zero-order chi connectivity index (χ0) is 27.9. The molecule has 3 aromatic rings. The lowest BCUT2D eigenvalue weighted by Crippen LogP contribution is -2.47. The van der Waals surface area contributed by atoms with Crippen LogP contribution in [0.2, 0.25) is 0 Å². The largest absolute Gasteiger partial charge is 0.480 e. The molecule has 3 fully saturated rings. The van der Waals surface area contributed by atoms with Crippen LogP contribution >= 0.6 is 23.1 Å². The zero-order valence-electron chi connectivity index (χ0n) is 22.2. The van der Waals surface area contributed by atoms with E-state index in [9.17, 15) is 24.3 Å². The van der Waals surface area contributed by atoms with Gasteiger partial charge in [0.1, 0.15) is 6.04 Å². The van der Waals surface area contributed by atoms with Crippen molar-refractivity contribution in [2.24, 2.45) is 35.5 Å². The van der Waals surface area contributed by atoms with E-state index in [2.05, 4.69) is 41.4 Å². The normalized spacial score (nSPS) is 30.9. The minimum atomic E-state index is -1.13. The van der Waals surface area contributed by atoms with Crippen LogP contribution in [0.15, 0.2) is 64.4 Å². The van der Waals surface area contributed by atoms with Gasteiger partial charge in [0, 0.05) is 16.0 Å². The quantitative estimate of drug-likeness (QED) is 0.398. The Morgan fingerprint density at radius 2 is 1.62 bits per heavy atom. The number of carboxylic acids is 1. The number of amides is 2. The Morgan fingerprint density at radius 3 is 2.27 bits per heavy atom. The Bertz CT molecular complexity index is 1560. The maximum absolute atomic E-state index is 13.9. The number of fused-ring (bicyclic) bond motifs is 9. The number of aromatic amines is 1. The molecule has 7 rings (SSSR count). The minimum absolute atomic E-state index is 0.0254. The second-order valence-electron chi connectivity index (χ2n) is 12.0. The average molecular weight is 575 g/mol. The number of nitrogens with zero attached hydrogens (tertiary/aromatic N) is 1. The van der Waals surface area contributed by atoms with Crippen LogP contribution in [0.5, 0.6) is 0 Å². The fraction of sp³-hybridized carbons (Fsp3) is 0.419. The molecule has 9 heteroatoms. The van der Waals surface area contributed by atoms with E-state index in [1.165, 1.54) is 11.3 Å². The number of carboxylic acid groups (broad SMARTS) is 1. The number of nitrogens with one attached hydrogen (secondary N) is 1. The van der Waals surface area contributed by atoms with Crippen LogP contribution < -0.4 is 4.87 Å². The van der Waals surface area contributed by atoms with E-state index >= 15 is 0 Å². The first-order chi connectivity index (χ1) is 19.2. The van der Waals surface area contributed by atoms with E-state index in [-0.39, 0.29) is 57.9 Å². The molecule has 1 aromatic heterocycles. The third-order valence-corrected chi connectivity index (χ3v) is 12.0. The third-order valence-electron chi connectivity index (χ3n) is 9.43. The standard InChI is InChI=1S/C31H30N2O5S2/c1-14(2)12-20(30(36)37)33-28(34)23-18-13-19(24(23)29(33)35)25-22(18)21(26-27(39-25)32-31(38)40-26)17-10-8-16(9-11-17)15-6-4-3-5-7-15/h3-11,14,18-25H,12-13H2,1-2H3,(H,32,38)(H,36,37). The molecule has 2 N–H and O–H groups in total. The summed E-state index contributed by atoms with van der Waals surface area (Å²) in [6, 6.07) is 17.5. The van der Waals surface area contributed by atoms with Gasteiger partial charge < -0.3 is 10.1 Å². The number of likely N-dealkylation sites (tertiary alicyclic amines) is 1. The Balaban J connectivity index is 1.27. The number of aliphatic carboxylic acids is 1. The van der Waals surface area contributed by atoms with Gasteiger partial charge >= 0.3 is 10.8 Å². The molecule has 1 saturated heterocycles. The van der Waals surface area contributed by atoms with Crippen molar-refractivity contribution >= 4 is 40.9 Å². The van der Waals surface area contributed by atoms with Crippen LogP contribution in [0.4, 0.5) is 0 Å². The van der Waals surface area contributed by atoms with Crippen LogP contribution in [0.25, 0.3) is 11.1 Å². The van der Waals surface area contributed by atoms with E-state index in [4.69, 9.17) is 0 Å². The lowest BCUT2D eigenvalue weighted by atomic mass is 9.68. The van der Waals surface area contributed by atoms with Crippen molar-refractivity contribution in [3.63, 3.8) is 0 Å². The maximum atomic E-state index is 13.9. The predicted octanol–water partition coefficient (Wildman–Crippen LogP) is 5.08. The summed E-state index contributed by atoms with van der Waals surface area (Å²) in [6.45, 7) is 3.81. The van der Waals surface area contributed by atoms with Crippen molar-refractivity contribution in [3.8, 4) is 11.1 Å². The second-order valence-corrected chi connectivity index (χ2v) is 14.2. The number of hydrogen-bond donors (Lipinski definition) is 2. The summed E-state index contributed by atoms with van der Waals surface area (Å²) in [5.41, 5.74) is 3.34. The SMILES string of the molecule is CC(C)CC(C(=O)O)N1C(=O)C2C3CC(C2C1=O)C1C(c2ccc(-c4ccccc4)cc2)c2sc(=O)[nH]c2SC31. The Labute approximate surface area is 240 Å². The fourth-order valence-corrected chi connectivity index (χ4v) is 10.9. The number of thioether (sulfide) groups is 1. The number of thiazole rings is 1. The number of rotatable bonds is 6. The summed E-state index contributed by atoms with van der Waals surface area (Å²) in [6.07, 6.45) is 1.03. The van der Waals surface area contributed by atoms with Gasteiger partial charge in [-0.25, -0.2) is 4.79 Å². The first kappa shape index (κ1) is 25.8. The summed E-state index contributed by atoms with van der Waals surface area (Å²) >= 11 is 2.89. The van der Waals surface area contributed by atoms with E-state index in [1.54, 1.807) is 11.8 Å². The monoisotopic (exact) mass is 574 g/mol.